The fraction of sp³-hybridized carbons (Fsp3) is 1.00. The summed E-state index contributed by atoms with van der Waals surface area (Å²) in [7, 11) is 0. The van der Waals surface area contributed by atoms with E-state index in [0.717, 1.165) is 15.2 Å². The van der Waals surface area contributed by atoms with Crippen molar-refractivity contribution in [2.45, 2.75) is 31.5 Å². The maximum Gasteiger partial charge on any atom is 0.191 e. The highest BCUT2D eigenvalue weighted by atomic mass is 27.1. The van der Waals surface area contributed by atoms with Crippen LogP contribution in [0.2, 0.25) is 11.6 Å². The summed E-state index contributed by atoms with van der Waals surface area (Å²) < 4.78 is 0. The minimum atomic E-state index is 0.333. The lowest BCUT2D eigenvalue weighted by Gasteiger charge is -1.81. The third-order valence-electron chi connectivity index (χ3n) is 0. The lowest BCUT2D eigenvalue weighted by Crippen LogP contribution is -2.06. The maximum atomic E-state index is 5.11. The number of hydrogen-bond acceptors (Lipinski definition) is 1. The molecule has 0 aliphatic carbocycles. The Labute approximate surface area is 53.0 Å². The molecule has 0 aromatic rings. The highest BCUT2D eigenvalue weighted by molar-refractivity contribution is 6.31. The smallest absolute Gasteiger partial charge is 0.191 e. The van der Waals surface area contributed by atoms with Crippen molar-refractivity contribution in [3.63, 3.8) is 0 Å². The van der Waals surface area contributed by atoms with E-state index in [-0.39, 0.29) is 0 Å². The maximum absolute atomic E-state index is 5.11. The molecule has 0 aliphatic rings. The van der Waals surface area contributed by atoms with Gasteiger partial charge in [0.15, 0.2) is 15.2 Å². The van der Waals surface area contributed by atoms with Gasteiger partial charge in [0.2, 0.25) is 0 Å². The van der Waals surface area contributed by atoms with E-state index in [9.17, 15) is 0 Å². The van der Waals surface area contributed by atoms with Crippen LogP contribution >= 0.6 is 0 Å². The molecule has 43 valence electrons. The summed E-state index contributed by atoms with van der Waals surface area (Å²) in [5, 5.41) is 0. The lowest BCUT2D eigenvalue weighted by molar-refractivity contribution is 0.834. The molecule has 0 aliphatic heterocycles. The Balaban J connectivity index is 0. The molecule has 0 unspecified atom stereocenters. The third-order valence-corrected chi connectivity index (χ3v) is 0. The van der Waals surface area contributed by atoms with Crippen LogP contribution in [0.25, 0.3) is 0 Å². The largest absolute Gasteiger partial charge is 0.328 e. The predicted molar refractivity (Wildman–Crippen MR) is 36.8 cm³/mol. The van der Waals surface area contributed by atoms with Gasteiger partial charge in [0, 0.05) is 0 Å². The fourth-order valence-electron chi connectivity index (χ4n) is 0. The van der Waals surface area contributed by atoms with Gasteiger partial charge in [-0.1, -0.05) is 13.8 Å². The monoisotopic (exact) mass is 116 g/mol. The van der Waals surface area contributed by atoms with Crippen molar-refractivity contribution >= 4 is 15.2 Å². The van der Waals surface area contributed by atoms with Crippen molar-refractivity contribution < 1.29 is 0 Å². The number of rotatable bonds is 0. The zero-order valence-electron chi connectivity index (χ0n) is 5.73. The van der Waals surface area contributed by atoms with Gasteiger partial charge in [-0.2, -0.15) is 0 Å². The van der Waals surface area contributed by atoms with Gasteiger partial charge in [0.25, 0.3) is 0 Å². The van der Waals surface area contributed by atoms with E-state index >= 15 is 0 Å². The first-order chi connectivity index (χ1) is 3.15. The van der Waals surface area contributed by atoms with Crippen molar-refractivity contribution in [3.8, 4) is 0 Å². The van der Waals surface area contributed by atoms with Gasteiger partial charge in [0.05, 0.1) is 0 Å². The Hall–Kier alpha value is 0.492. The first-order valence-corrected chi connectivity index (χ1v) is 4.95. The van der Waals surface area contributed by atoms with Crippen LogP contribution in [-0.2, 0) is 0 Å². The zero-order chi connectivity index (χ0) is 6.28. The Morgan fingerprint density at radius 2 is 1.29 bits per heavy atom. The molecule has 1 radical (unpaired) electrons. The standard InChI is InChI=1S/C3H9N.2CH3.Al/c1-3(2)4;;;/h3H,4H2,1-2H3;2*1H3;. The molecule has 0 spiro atoms. The van der Waals surface area contributed by atoms with Gasteiger partial charge in [-0.05, 0) is 6.04 Å². The van der Waals surface area contributed by atoms with E-state index < -0.39 is 0 Å². The Kier molecular flexibility index (Phi) is 14.5. The van der Waals surface area contributed by atoms with Crippen LogP contribution < -0.4 is 5.73 Å². The van der Waals surface area contributed by atoms with Crippen molar-refractivity contribution in [1.29, 1.82) is 0 Å². The van der Waals surface area contributed by atoms with Crippen molar-refractivity contribution in [1.82, 2.24) is 0 Å². The molecule has 2 heteroatoms. The van der Waals surface area contributed by atoms with Crippen molar-refractivity contribution in [2.24, 2.45) is 5.73 Å². The second-order valence-electron chi connectivity index (χ2n) is 1.82. The topological polar surface area (TPSA) is 26.0 Å². The summed E-state index contributed by atoms with van der Waals surface area (Å²) in [4.78, 5) is 0. The molecule has 0 atom stereocenters. The van der Waals surface area contributed by atoms with Gasteiger partial charge >= 0.3 is 0 Å². The van der Waals surface area contributed by atoms with Crippen LogP contribution in [-0.4, -0.2) is 21.3 Å². The quantitative estimate of drug-likeness (QED) is 0.472. The predicted octanol–water partition coefficient (Wildman–Crippen LogP) is 1.14. The van der Waals surface area contributed by atoms with E-state index in [2.05, 4.69) is 11.6 Å². The van der Waals surface area contributed by atoms with Crippen LogP contribution in [0.4, 0.5) is 0 Å². The van der Waals surface area contributed by atoms with E-state index in [1.165, 1.54) is 0 Å². The molecule has 0 fully saturated rings. The van der Waals surface area contributed by atoms with E-state index in [4.69, 9.17) is 5.73 Å². The molecule has 0 bridgehead atoms. The first kappa shape index (κ1) is 10.5. The molecule has 0 amide bonds. The lowest BCUT2D eigenvalue weighted by atomic mass is 10.5. The Morgan fingerprint density at radius 1 is 1.29 bits per heavy atom. The molecular formula is C5H15AlN. The molecule has 1 nitrogen and oxygen atoms in total. The average Bonchev–Trinajstić information content (AvgIpc) is 1.33. The summed E-state index contributed by atoms with van der Waals surface area (Å²) in [6.45, 7) is 3.89. The third kappa shape index (κ3) is 540. The van der Waals surface area contributed by atoms with Gasteiger partial charge < -0.3 is 5.73 Å². The molecule has 0 aromatic carbocycles. The minimum Gasteiger partial charge on any atom is -0.328 e. The minimum absolute atomic E-state index is 0.333. The summed E-state index contributed by atoms with van der Waals surface area (Å²) >= 11 is 0.750. The molecule has 0 rings (SSSR count). The summed E-state index contributed by atoms with van der Waals surface area (Å²) in [6, 6.07) is 0.333. The molecular weight excluding hydrogens is 101 g/mol. The molecule has 0 heterocycles. The van der Waals surface area contributed by atoms with Gasteiger partial charge in [-0.15, -0.1) is 11.6 Å². The van der Waals surface area contributed by atoms with Crippen LogP contribution in [0.5, 0.6) is 0 Å². The molecule has 0 saturated heterocycles. The van der Waals surface area contributed by atoms with Crippen LogP contribution in [0.1, 0.15) is 13.8 Å². The normalized spacial score (nSPS) is 7.14. The van der Waals surface area contributed by atoms with Crippen molar-refractivity contribution in [2.75, 3.05) is 0 Å². The number of hydrogen-bond donors (Lipinski definition) is 1. The average molecular weight is 116 g/mol. The van der Waals surface area contributed by atoms with E-state index in [1.54, 1.807) is 0 Å². The Bertz CT molecular complexity index is 19.3. The molecule has 7 heavy (non-hydrogen) atoms. The molecule has 0 aromatic heterocycles. The first-order valence-electron chi connectivity index (χ1n) is 2.64. The summed E-state index contributed by atoms with van der Waals surface area (Å²) in [5.41, 5.74) is 5.11. The van der Waals surface area contributed by atoms with Crippen LogP contribution in [0.3, 0.4) is 0 Å². The second kappa shape index (κ2) is 9.70. The second-order valence-corrected chi connectivity index (χ2v) is 2.98. The number of nitrogens with two attached hydrogens (primary N) is 1. The van der Waals surface area contributed by atoms with Crippen LogP contribution in [0.15, 0.2) is 0 Å². The Morgan fingerprint density at radius 3 is 1.29 bits per heavy atom. The van der Waals surface area contributed by atoms with Gasteiger partial charge in [-0.25, -0.2) is 0 Å². The zero-order valence-corrected chi connectivity index (χ0v) is 6.89. The van der Waals surface area contributed by atoms with Crippen LogP contribution in [0, 0.1) is 0 Å². The van der Waals surface area contributed by atoms with E-state index in [1.807, 2.05) is 13.8 Å². The summed E-state index contributed by atoms with van der Waals surface area (Å²) in [6.07, 6.45) is 0. The van der Waals surface area contributed by atoms with Gasteiger partial charge in [0.1, 0.15) is 0 Å². The molecule has 0 saturated carbocycles. The summed E-state index contributed by atoms with van der Waals surface area (Å²) in [5.74, 6) is 4.42. The van der Waals surface area contributed by atoms with Gasteiger partial charge in [-0.3, -0.25) is 0 Å². The fourth-order valence-corrected chi connectivity index (χ4v) is 0. The van der Waals surface area contributed by atoms with Crippen molar-refractivity contribution in [3.05, 3.63) is 0 Å². The molecule has 2 N–H and O–H groups in total. The van der Waals surface area contributed by atoms with E-state index in [0.29, 0.717) is 6.04 Å². The highest BCUT2D eigenvalue weighted by Crippen LogP contribution is 1.58. The SMILES string of the molecule is CC(C)N.[CH3][Al][CH3]. The highest BCUT2D eigenvalue weighted by Gasteiger charge is 1.67.